The molecule has 3 aromatic heterocycles. The maximum absolute atomic E-state index is 6.15. The molecule has 28 heavy (non-hydrogen) atoms. The molecule has 0 aliphatic carbocycles. The van der Waals surface area contributed by atoms with Crippen LogP contribution >= 0.6 is 0 Å². The zero-order valence-corrected chi connectivity index (χ0v) is 16.0. The normalized spacial score (nSPS) is 11.8. The fraction of sp³-hybridized carbons (Fsp3) is 0.208. The molecule has 4 heteroatoms. The Labute approximate surface area is 163 Å². The second kappa shape index (κ2) is 6.71. The fourth-order valence-electron chi connectivity index (χ4n) is 4.08. The molecule has 0 unspecified atom stereocenters. The SMILES string of the molecule is CCC(CC)c1cc2oc3ccccc3c2cc1-c1ccc2nccnc2n1. The van der Waals surface area contributed by atoms with Crippen LogP contribution in [0.1, 0.15) is 38.2 Å². The summed E-state index contributed by atoms with van der Waals surface area (Å²) in [7, 11) is 0. The predicted octanol–water partition coefficient (Wildman–Crippen LogP) is 6.49. The van der Waals surface area contributed by atoms with E-state index in [-0.39, 0.29) is 0 Å². The molecule has 0 fully saturated rings. The third kappa shape index (κ3) is 2.64. The van der Waals surface area contributed by atoms with Crippen LogP contribution in [0.15, 0.2) is 65.3 Å². The molecule has 4 nitrogen and oxygen atoms in total. The molecule has 0 spiro atoms. The third-order valence-corrected chi connectivity index (χ3v) is 5.58. The first-order valence-corrected chi connectivity index (χ1v) is 9.81. The van der Waals surface area contributed by atoms with Crippen LogP contribution in [0.25, 0.3) is 44.4 Å². The lowest BCUT2D eigenvalue weighted by Crippen LogP contribution is -2.00. The molecule has 0 amide bonds. The van der Waals surface area contributed by atoms with Crippen molar-refractivity contribution >= 4 is 33.1 Å². The summed E-state index contributed by atoms with van der Waals surface area (Å²) in [4.78, 5) is 13.6. The van der Waals surface area contributed by atoms with Crippen molar-refractivity contribution in [3.8, 4) is 11.3 Å². The lowest BCUT2D eigenvalue weighted by Gasteiger charge is -2.17. The average Bonchev–Trinajstić information content (AvgIpc) is 3.11. The standard InChI is InChI=1S/C24H21N3O/c1-3-15(4-2)17-14-23-19(16-7-5-6-8-22(16)28-23)13-18(17)20-9-10-21-24(27-20)26-12-11-25-21/h5-15H,3-4H2,1-2H3. The minimum Gasteiger partial charge on any atom is -0.456 e. The van der Waals surface area contributed by atoms with Gasteiger partial charge in [-0.3, -0.25) is 4.98 Å². The van der Waals surface area contributed by atoms with Gasteiger partial charge in [0, 0.05) is 28.7 Å². The van der Waals surface area contributed by atoms with E-state index in [1.165, 1.54) is 5.56 Å². The van der Waals surface area contributed by atoms with E-state index in [1.54, 1.807) is 12.4 Å². The molecule has 0 radical (unpaired) electrons. The highest BCUT2D eigenvalue weighted by molar-refractivity contribution is 6.06. The molecule has 0 N–H and O–H groups in total. The fourth-order valence-corrected chi connectivity index (χ4v) is 4.08. The second-order valence-electron chi connectivity index (χ2n) is 7.14. The van der Waals surface area contributed by atoms with E-state index in [2.05, 4.69) is 48.1 Å². The summed E-state index contributed by atoms with van der Waals surface area (Å²) in [6.45, 7) is 4.47. The number of furan rings is 1. The number of fused-ring (bicyclic) bond motifs is 4. The molecule has 0 saturated carbocycles. The topological polar surface area (TPSA) is 51.8 Å². The van der Waals surface area contributed by atoms with E-state index in [0.717, 1.165) is 51.6 Å². The molecule has 0 saturated heterocycles. The molecule has 0 aliphatic rings. The maximum Gasteiger partial charge on any atom is 0.178 e. The van der Waals surface area contributed by atoms with Gasteiger partial charge in [-0.25, -0.2) is 9.97 Å². The summed E-state index contributed by atoms with van der Waals surface area (Å²) < 4.78 is 6.15. The Morgan fingerprint density at radius 3 is 2.54 bits per heavy atom. The van der Waals surface area contributed by atoms with Crippen LogP contribution in [0, 0.1) is 0 Å². The number of para-hydroxylation sites is 1. The van der Waals surface area contributed by atoms with Crippen LogP contribution in [0.5, 0.6) is 0 Å². The van der Waals surface area contributed by atoms with Crippen molar-refractivity contribution in [3.63, 3.8) is 0 Å². The summed E-state index contributed by atoms with van der Waals surface area (Å²) in [6, 6.07) is 16.7. The van der Waals surface area contributed by atoms with Crippen LogP contribution < -0.4 is 0 Å². The van der Waals surface area contributed by atoms with Crippen molar-refractivity contribution < 1.29 is 4.42 Å². The third-order valence-electron chi connectivity index (χ3n) is 5.58. The number of rotatable bonds is 4. The molecule has 138 valence electrons. The highest BCUT2D eigenvalue weighted by atomic mass is 16.3. The molecule has 0 aliphatic heterocycles. The number of aromatic nitrogens is 3. The molecule has 2 aromatic carbocycles. The number of nitrogens with zero attached hydrogens (tertiary/aromatic N) is 3. The van der Waals surface area contributed by atoms with Gasteiger partial charge < -0.3 is 4.42 Å². The molecule has 0 atom stereocenters. The number of benzene rings is 2. The highest BCUT2D eigenvalue weighted by Crippen LogP contribution is 2.39. The van der Waals surface area contributed by atoms with Gasteiger partial charge >= 0.3 is 0 Å². The Morgan fingerprint density at radius 1 is 0.857 bits per heavy atom. The second-order valence-corrected chi connectivity index (χ2v) is 7.14. The van der Waals surface area contributed by atoms with Crippen molar-refractivity contribution in [1.29, 1.82) is 0 Å². The van der Waals surface area contributed by atoms with Gasteiger partial charge in [-0.05, 0) is 54.7 Å². The summed E-state index contributed by atoms with van der Waals surface area (Å²) in [5, 5.41) is 2.26. The van der Waals surface area contributed by atoms with E-state index >= 15 is 0 Å². The minimum atomic E-state index is 0.451. The van der Waals surface area contributed by atoms with Gasteiger partial charge in [-0.15, -0.1) is 0 Å². The molecular weight excluding hydrogens is 346 g/mol. The first-order chi connectivity index (χ1) is 13.8. The Balaban J connectivity index is 1.82. The van der Waals surface area contributed by atoms with Gasteiger partial charge in [-0.1, -0.05) is 32.0 Å². The van der Waals surface area contributed by atoms with E-state index in [1.807, 2.05) is 24.3 Å². The highest BCUT2D eigenvalue weighted by Gasteiger charge is 2.19. The van der Waals surface area contributed by atoms with Gasteiger partial charge in [0.1, 0.15) is 16.7 Å². The van der Waals surface area contributed by atoms with Crippen LogP contribution in [-0.4, -0.2) is 15.0 Å². The Hall–Kier alpha value is -3.27. The smallest absolute Gasteiger partial charge is 0.178 e. The summed E-state index contributed by atoms with van der Waals surface area (Å²) in [6.07, 6.45) is 5.53. The lowest BCUT2D eigenvalue weighted by atomic mass is 9.87. The monoisotopic (exact) mass is 367 g/mol. The van der Waals surface area contributed by atoms with E-state index < -0.39 is 0 Å². The van der Waals surface area contributed by atoms with Crippen molar-refractivity contribution in [2.45, 2.75) is 32.6 Å². The van der Waals surface area contributed by atoms with E-state index in [0.29, 0.717) is 11.6 Å². The van der Waals surface area contributed by atoms with Crippen LogP contribution in [0.2, 0.25) is 0 Å². The number of pyridine rings is 1. The van der Waals surface area contributed by atoms with Crippen molar-refractivity contribution in [1.82, 2.24) is 15.0 Å². The number of hydrogen-bond acceptors (Lipinski definition) is 4. The van der Waals surface area contributed by atoms with Gasteiger partial charge in [0.2, 0.25) is 0 Å². The van der Waals surface area contributed by atoms with Gasteiger partial charge in [0.05, 0.1) is 5.69 Å². The lowest BCUT2D eigenvalue weighted by molar-refractivity contribution is 0.636. The quantitative estimate of drug-likeness (QED) is 0.364. The maximum atomic E-state index is 6.15. The van der Waals surface area contributed by atoms with E-state index in [4.69, 9.17) is 9.40 Å². The Bertz CT molecular complexity index is 1300. The average molecular weight is 367 g/mol. The van der Waals surface area contributed by atoms with Crippen molar-refractivity contribution in [3.05, 3.63) is 66.5 Å². The molecule has 5 rings (SSSR count). The van der Waals surface area contributed by atoms with Gasteiger partial charge in [0.25, 0.3) is 0 Å². The van der Waals surface area contributed by atoms with Crippen LogP contribution in [0.4, 0.5) is 0 Å². The molecule has 3 heterocycles. The van der Waals surface area contributed by atoms with Crippen molar-refractivity contribution in [2.75, 3.05) is 0 Å². The van der Waals surface area contributed by atoms with Gasteiger partial charge in [-0.2, -0.15) is 0 Å². The largest absolute Gasteiger partial charge is 0.456 e. The van der Waals surface area contributed by atoms with Crippen LogP contribution in [0.3, 0.4) is 0 Å². The molecular formula is C24H21N3O. The Morgan fingerprint density at radius 2 is 1.68 bits per heavy atom. The first kappa shape index (κ1) is 16.9. The Kier molecular flexibility index (Phi) is 4.05. The zero-order valence-electron chi connectivity index (χ0n) is 16.0. The van der Waals surface area contributed by atoms with E-state index in [9.17, 15) is 0 Å². The zero-order chi connectivity index (χ0) is 19.1. The molecule has 5 aromatic rings. The van der Waals surface area contributed by atoms with Gasteiger partial charge in [0.15, 0.2) is 5.65 Å². The summed E-state index contributed by atoms with van der Waals surface area (Å²) in [5.41, 5.74) is 6.71. The van der Waals surface area contributed by atoms with Crippen molar-refractivity contribution in [2.24, 2.45) is 0 Å². The molecule has 0 bridgehead atoms. The van der Waals surface area contributed by atoms with Crippen LogP contribution in [-0.2, 0) is 0 Å². The number of hydrogen-bond donors (Lipinski definition) is 0. The summed E-state index contributed by atoms with van der Waals surface area (Å²) in [5.74, 6) is 0.451. The summed E-state index contributed by atoms with van der Waals surface area (Å²) >= 11 is 0. The minimum absolute atomic E-state index is 0.451. The first-order valence-electron chi connectivity index (χ1n) is 9.81. The predicted molar refractivity (Wildman–Crippen MR) is 113 cm³/mol.